The molecule has 1 aromatic carbocycles. The Morgan fingerprint density at radius 1 is 0.939 bits per heavy atom. The molecule has 3 aromatic heterocycles. The molecule has 4 aromatic rings. The number of carbonyl (C=O) groups is 1. The van der Waals surface area contributed by atoms with Crippen molar-refractivity contribution in [2.45, 2.75) is 19.8 Å². The summed E-state index contributed by atoms with van der Waals surface area (Å²) in [7, 11) is 0. The Hall–Kier alpha value is -4.84. The monoisotopic (exact) mass is 682 g/mol. The minimum atomic E-state index is -4.88. The lowest BCUT2D eigenvalue weighted by atomic mass is 10.1. The average molecular weight is 683 g/mol. The Bertz CT molecular complexity index is 1710. The smallest absolute Gasteiger partial charge is 0.388 e. The summed E-state index contributed by atoms with van der Waals surface area (Å²) in [5.74, 6) is 0.677. The van der Waals surface area contributed by atoms with Crippen LogP contribution < -0.4 is 20.7 Å². The van der Waals surface area contributed by atoms with E-state index < -0.39 is 18.1 Å². The lowest BCUT2D eigenvalue weighted by Gasteiger charge is -2.26. The summed E-state index contributed by atoms with van der Waals surface area (Å²) in [6, 6.07) is 11.3. The molecule has 14 nitrogen and oxygen atoms in total. The summed E-state index contributed by atoms with van der Waals surface area (Å²) in [6.07, 6.45) is -2.36. The maximum atomic E-state index is 12.9. The maximum absolute atomic E-state index is 12.9. The molecule has 0 aliphatic carbocycles. The second kappa shape index (κ2) is 15.6. The zero-order valence-corrected chi connectivity index (χ0v) is 26.9. The number of rotatable bonds is 12. The van der Waals surface area contributed by atoms with Gasteiger partial charge in [0, 0.05) is 81.6 Å². The topological polar surface area (TPSA) is 144 Å². The molecule has 0 atom stereocenters. The highest BCUT2D eigenvalue weighted by atomic mass is 19.4. The number of aryl methyl sites for hydroxylation is 1. The first-order valence-corrected chi connectivity index (χ1v) is 15.8. The Labute approximate surface area is 280 Å². The lowest BCUT2D eigenvalue weighted by molar-refractivity contribution is -0.276. The van der Waals surface area contributed by atoms with E-state index in [9.17, 15) is 18.0 Å². The normalized spacial score (nSPS) is 15.9. The molecule has 0 bridgehead atoms. The van der Waals surface area contributed by atoms with Crippen molar-refractivity contribution in [2.75, 3.05) is 81.6 Å². The average Bonchev–Trinajstić information content (AvgIpc) is 3.48. The molecule has 17 heteroatoms. The van der Waals surface area contributed by atoms with Crippen LogP contribution in [-0.2, 0) is 16.0 Å². The number of amides is 1. The van der Waals surface area contributed by atoms with E-state index in [1.165, 1.54) is 12.4 Å². The first-order chi connectivity index (χ1) is 23.7. The van der Waals surface area contributed by atoms with Crippen molar-refractivity contribution in [3.05, 3.63) is 71.8 Å². The predicted octanol–water partition coefficient (Wildman–Crippen LogP) is 3.84. The largest absolute Gasteiger partial charge is 0.574 e. The quantitative estimate of drug-likeness (QED) is 0.200. The van der Waals surface area contributed by atoms with Crippen molar-refractivity contribution in [1.29, 1.82) is 0 Å². The van der Waals surface area contributed by atoms with Gasteiger partial charge in [-0.2, -0.15) is 9.78 Å². The molecule has 3 N–H and O–H groups in total. The summed E-state index contributed by atoms with van der Waals surface area (Å²) in [4.78, 5) is 30.0. The highest BCUT2D eigenvalue weighted by molar-refractivity contribution is 6.04. The van der Waals surface area contributed by atoms with Gasteiger partial charge < -0.3 is 30.2 Å². The highest BCUT2D eigenvalue weighted by Crippen LogP contribution is 2.28. The van der Waals surface area contributed by atoms with E-state index in [1.807, 2.05) is 25.1 Å². The molecule has 5 heterocycles. The van der Waals surface area contributed by atoms with Crippen LogP contribution in [0.3, 0.4) is 0 Å². The zero-order chi connectivity index (χ0) is 34.2. The van der Waals surface area contributed by atoms with Gasteiger partial charge in [-0.05, 0) is 30.7 Å². The van der Waals surface area contributed by atoms with Crippen LogP contribution in [0, 0.1) is 6.92 Å². The second-order valence-corrected chi connectivity index (χ2v) is 11.5. The van der Waals surface area contributed by atoms with Gasteiger partial charge in [0.25, 0.3) is 5.91 Å². The molecule has 2 aliphatic rings. The van der Waals surface area contributed by atoms with Gasteiger partial charge in [0.05, 0.1) is 37.7 Å². The number of nitrogens with zero attached hydrogens (tertiary/aromatic N) is 7. The highest BCUT2D eigenvalue weighted by Gasteiger charge is 2.31. The van der Waals surface area contributed by atoms with Crippen molar-refractivity contribution in [2.24, 2.45) is 0 Å². The number of hydrogen-bond donors (Lipinski definition) is 3. The van der Waals surface area contributed by atoms with E-state index in [-0.39, 0.29) is 5.56 Å². The van der Waals surface area contributed by atoms with Crippen LogP contribution in [0.1, 0.15) is 21.6 Å². The van der Waals surface area contributed by atoms with Gasteiger partial charge >= 0.3 is 6.36 Å². The fraction of sp³-hybridized carbons (Fsp3) is 0.406. The third-order valence-electron chi connectivity index (χ3n) is 7.93. The Balaban J connectivity index is 1.19. The standard InChI is InChI=1S/C32H37F3N10O4/c1-22-2-4-24(40-31(46)23-3-5-30(37-19-23)49-32(33,34)35)16-26(22)41-29-17-25(20-44-10-14-48-15-11-44)42-45(29)28-18-27(38-21-39-28)36-6-7-43-8-12-47-13-9-43/h2-5,16-19,21,41H,6-15,20H2,1H3,(H,40,46)(H,36,38,39). The van der Waals surface area contributed by atoms with Crippen LogP contribution in [-0.4, -0.2) is 112 Å². The molecule has 2 saturated heterocycles. The molecule has 2 fully saturated rings. The molecule has 0 radical (unpaired) electrons. The number of benzene rings is 1. The van der Waals surface area contributed by atoms with Crippen molar-refractivity contribution in [3.8, 4) is 11.7 Å². The van der Waals surface area contributed by atoms with Crippen LogP contribution in [0.2, 0.25) is 0 Å². The van der Waals surface area contributed by atoms with Crippen molar-refractivity contribution in [3.63, 3.8) is 0 Å². The third kappa shape index (κ3) is 9.62. The van der Waals surface area contributed by atoms with Gasteiger partial charge in [-0.3, -0.25) is 14.6 Å². The number of aromatic nitrogens is 5. The SMILES string of the molecule is Cc1ccc(NC(=O)c2ccc(OC(F)(F)F)nc2)cc1Nc1cc(CN2CCOCC2)nn1-c1cc(NCCN2CCOCC2)ncn1. The number of nitrogens with one attached hydrogen (secondary N) is 3. The third-order valence-corrected chi connectivity index (χ3v) is 7.93. The second-order valence-electron chi connectivity index (χ2n) is 11.5. The molecule has 0 saturated carbocycles. The summed E-state index contributed by atoms with van der Waals surface area (Å²) in [5.41, 5.74) is 2.94. The van der Waals surface area contributed by atoms with Crippen LogP contribution in [0.25, 0.3) is 5.82 Å². The number of halogens is 3. The summed E-state index contributed by atoms with van der Waals surface area (Å²) in [5, 5.41) is 14.5. The minimum absolute atomic E-state index is 0.0635. The van der Waals surface area contributed by atoms with E-state index in [0.717, 1.165) is 69.5 Å². The Morgan fingerprint density at radius 2 is 1.69 bits per heavy atom. The van der Waals surface area contributed by atoms with Crippen LogP contribution in [0.5, 0.6) is 5.88 Å². The molecule has 49 heavy (non-hydrogen) atoms. The minimum Gasteiger partial charge on any atom is -0.388 e. The van der Waals surface area contributed by atoms with Crippen LogP contribution >= 0.6 is 0 Å². The van der Waals surface area contributed by atoms with Gasteiger partial charge in [-0.25, -0.2) is 15.0 Å². The van der Waals surface area contributed by atoms with Crippen molar-refractivity contribution in [1.82, 2.24) is 34.5 Å². The van der Waals surface area contributed by atoms with Gasteiger partial charge in [-0.1, -0.05) is 6.07 Å². The Morgan fingerprint density at radius 3 is 2.41 bits per heavy atom. The first-order valence-electron chi connectivity index (χ1n) is 15.8. The fourth-order valence-electron chi connectivity index (χ4n) is 5.36. The zero-order valence-electron chi connectivity index (χ0n) is 26.9. The molecule has 2 aliphatic heterocycles. The number of carbonyl (C=O) groups excluding carboxylic acids is 1. The number of ether oxygens (including phenoxy) is 3. The van der Waals surface area contributed by atoms with Crippen molar-refractivity contribution < 1.29 is 32.2 Å². The van der Waals surface area contributed by atoms with Gasteiger partial charge in [0.1, 0.15) is 18.0 Å². The number of morpholine rings is 2. The summed E-state index contributed by atoms with van der Waals surface area (Å²) < 4.78 is 53.9. The molecule has 1 amide bonds. The van der Waals surface area contributed by atoms with Crippen LogP contribution in [0.4, 0.5) is 36.2 Å². The molecule has 260 valence electrons. The first kappa shape index (κ1) is 34.0. The number of alkyl halides is 3. The molecular weight excluding hydrogens is 645 g/mol. The van der Waals surface area contributed by atoms with Crippen molar-refractivity contribution >= 4 is 28.9 Å². The molecule has 0 spiro atoms. The van der Waals surface area contributed by atoms with E-state index in [2.05, 4.69) is 45.4 Å². The van der Waals surface area contributed by atoms with Crippen LogP contribution in [0.15, 0.2) is 55.0 Å². The molecule has 6 rings (SSSR count). The van der Waals surface area contributed by atoms with Gasteiger partial charge in [-0.15, -0.1) is 13.2 Å². The van der Waals surface area contributed by atoms with E-state index in [1.54, 1.807) is 16.8 Å². The van der Waals surface area contributed by atoms with E-state index >= 15 is 0 Å². The Kier molecular flexibility index (Phi) is 10.8. The maximum Gasteiger partial charge on any atom is 0.574 e. The number of anilines is 4. The lowest BCUT2D eigenvalue weighted by Crippen LogP contribution is -2.39. The fourth-order valence-corrected chi connectivity index (χ4v) is 5.36. The predicted molar refractivity (Wildman–Crippen MR) is 174 cm³/mol. The van der Waals surface area contributed by atoms with Gasteiger partial charge in [0.2, 0.25) is 5.88 Å². The van der Waals surface area contributed by atoms with E-state index in [0.29, 0.717) is 55.1 Å². The number of hydrogen-bond acceptors (Lipinski definition) is 12. The molecule has 0 unspecified atom stereocenters. The number of pyridine rings is 1. The summed E-state index contributed by atoms with van der Waals surface area (Å²) >= 11 is 0. The molecular formula is C32H37F3N10O4. The van der Waals surface area contributed by atoms with Gasteiger partial charge in [0.15, 0.2) is 5.82 Å². The summed E-state index contributed by atoms with van der Waals surface area (Å²) in [6.45, 7) is 10.3. The van der Waals surface area contributed by atoms with E-state index in [4.69, 9.17) is 14.6 Å².